The second-order valence-corrected chi connectivity index (χ2v) is 6.24. The molecule has 0 bridgehead atoms. The van der Waals surface area contributed by atoms with E-state index < -0.39 is 0 Å². The molecule has 0 spiro atoms. The number of amides is 1. The summed E-state index contributed by atoms with van der Waals surface area (Å²) in [4.78, 5) is 14.7. The van der Waals surface area contributed by atoms with E-state index in [0.717, 1.165) is 38.0 Å². The Balaban J connectivity index is 1.42. The van der Waals surface area contributed by atoms with E-state index in [-0.39, 0.29) is 11.8 Å². The molecule has 1 N–H and O–H groups in total. The van der Waals surface area contributed by atoms with Crippen molar-refractivity contribution in [3.8, 4) is 0 Å². The number of nitrogens with zero attached hydrogens (tertiary/aromatic N) is 1. The van der Waals surface area contributed by atoms with E-state index in [4.69, 9.17) is 0 Å². The summed E-state index contributed by atoms with van der Waals surface area (Å²) >= 11 is 0. The van der Waals surface area contributed by atoms with Crippen molar-refractivity contribution in [3.05, 3.63) is 71.8 Å². The largest absolute Gasteiger partial charge is 0.352 e. The van der Waals surface area contributed by atoms with E-state index in [1.807, 2.05) is 36.4 Å². The molecule has 3 heteroatoms. The smallest absolute Gasteiger partial charge is 0.223 e. The number of hydrogen-bond acceptors (Lipinski definition) is 2. The molecule has 1 fully saturated rings. The third-order valence-electron chi connectivity index (χ3n) is 4.52. The highest BCUT2D eigenvalue weighted by atomic mass is 16.1. The summed E-state index contributed by atoms with van der Waals surface area (Å²) < 4.78 is 0. The Labute approximate surface area is 138 Å². The molecule has 0 unspecified atom stereocenters. The van der Waals surface area contributed by atoms with Crippen LogP contribution in [0.3, 0.4) is 0 Å². The Morgan fingerprint density at radius 3 is 2.09 bits per heavy atom. The van der Waals surface area contributed by atoms with Gasteiger partial charge in [0.1, 0.15) is 0 Å². The van der Waals surface area contributed by atoms with Gasteiger partial charge in [-0.1, -0.05) is 60.7 Å². The molecule has 0 radical (unpaired) electrons. The lowest BCUT2D eigenvalue weighted by atomic mass is 9.95. The summed E-state index contributed by atoms with van der Waals surface area (Å²) in [6.45, 7) is 3.61. The quantitative estimate of drug-likeness (QED) is 0.920. The molecule has 1 heterocycles. The van der Waals surface area contributed by atoms with Gasteiger partial charge < -0.3 is 5.32 Å². The van der Waals surface area contributed by atoms with Crippen LogP contribution in [0.5, 0.6) is 0 Å². The van der Waals surface area contributed by atoms with Gasteiger partial charge in [0.15, 0.2) is 0 Å². The molecule has 3 rings (SSSR count). The second kappa shape index (κ2) is 7.93. The molecule has 1 aliphatic rings. The number of benzene rings is 2. The van der Waals surface area contributed by atoms with E-state index in [1.54, 1.807) is 0 Å². The second-order valence-electron chi connectivity index (χ2n) is 6.24. The maximum atomic E-state index is 12.3. The van der Waals surface area contributed by atoms with Crippen molar-refractivity contribution in [1.29, 1.82) is 0 Å². The molecule has 1 amide bonds. The molecule has 0 atom stereocenters. The van der Waals surface area contributed by atoms with Crippen molar-refractivity contribution in [2.45, 2.75) is 25.9 Å². The number of rotatable bonds is 5. The van der Waals surface area contributed by atoms with Crippen molar-refractivity contribution in [1.82, 2.24) is 10.2 Å². The van der Waals surface area contributed by atoms with Gasteiger partial charge in [-0.2, -0.15) is 0 Å². The summed E-state index contributed by atoms with van der Waals surface area (Å²) in [5.41, 5.74) is 2.50. The van der Waals surface area contributed by atoms with Gasteiger partial charge in [-0.15, -0.1) is 0 Å². The first-order chi connectivity index (χ1) is 11.3. The highest BCUT2D eigenvalue weighted by Crippen LogP contribution is 2.19. The van der Waals surface area contributed by atoms with Crippen LogP contribution in [0.1, 0.15) is 24.0 Å². The zero-order chi connectivity index (χ0) is 15.9. The third-order valence-corrected chi connectivity index (χ3v) is 4.52. The van der Waals surface area contributed by atoms with Crippen LogP contribution in [-0.2, 0) is 17.9 Å². The lowest BCUT2D eigenvalue weighted by Crippen LogP contribution is -2.40. The highest BCUT2D eigenvalue weighted by Gasteiger charge is 2.24. The molecular weight excluding hydrogens is 284 g/mol. The minimum Gasteiger partial charge on any atom is -0.352 e. The average molecular weight is 308 g/mol. The Morgan fingerprint density at radius 2 is 1.48 bits per heavy atom. The average Bonchev–Trinajstić information content (AvgIpc) is 2.62. The summed E-state index contributed by atoms with van der Waals surface area (Å²) in [5.74, 6) is 0.360. The SMILES string of the molecule is O=C(NCc1ccccc1)C1CCN(Cc2ccccc2)CC1. The topological polar surface area (TPSA) is 32.3 Å². The minimum atomic E-state index is 0.158. The van der Waals surface area contributed by atoms with Crippen molar-refractivity contribution in [2.75, 3.05) is 13.1 Å². The van der Waals surface area contributed by atoms with Gasteiger partial charge in [0.05, 0.1) is 0 Å². The lowest BCUT2D eigenvalue weighted by molar-refractivity contribution is -0.126. The van der Waals surface area contributed by atoms with E-state index in [1.165, 1.54) is 5.56 Å². The van der Waals surface area contributed by atoms with Gasteiger partial charge in [-0.3, -0.25) is 9.69 Å². The van der Waals surface area contributed by atoms with E-state index in [2.05, 4.69) is 34.5 Å². The van der Waals surface area contributed by atoms with Gasteiger partial charge in [-0.25, -0.2) is 0 Å². The van der Waals surface area contributed by atoms with Gasteiger partial charge in [0.2, 0.25) is 5.91 Å². The molecule has 2 aromatic carbocycles. The summed E-state index contributed by atoms with van der Waals surface area (Å²) in [5, 5.41) is 3.08. The van der Waals surface area contributed by atoms with Crippen molar-refractivity contribution in [2.24, 2.45) is 5.92 Å². The number of carbonyl (C=O) groups is 1. The molecule has 23 heavy (non-hydrogen) atoms. The maximum absolute atomic E-state index is 12.3. The number of hydrogen-bond donors (Lipinski definition) is 1. The Hall–Kier alpha value is -2.13. The molecule has 120 valence electrons. The van der Waals surface area contributed by atoms with Crippen LogP contribution in [0.2, 0.25) is 0 Å². The number of carbonyl (C=O) groups excluding carboxylic acids is 1. The molecule has 1 aliphatic heterocycles. The monoisotopic (exact) mass is 308 g/mol. The van der Waals surface area contributed by atoms with Crippen LogP contribution in [0.25, 0.3) is 0 Å². The van der Waals surface area contributed by atoms with Crippen molar-refractivity contribution >= 4 is 5.91 Å². The van der Waals surface area contributed by atoms with Crippen LogP contribution in [0, 0.1) is 5.92 Å². The van der Waals surface area contributed by atoms with Gasteiger partial charge >= 0.3 is 0 Å². The molecule has 0 aliphatic carbocycles. The Kier molecular flexibility index (Phi) is 5.43. The molecule has 1 saturated heterocycles. The fraction of sp³-hybridized carbons (Fsp3) is 0.350. The van der Waals surface area contributed by atoms with Crippen molar-refractivity contribution < 1.29 is 4.79 Å². The molecular formula is C20H24N2O. The number of piperidine rings is 1. The van der Waals surface area contributed by atoms with E-state index in [9.17, 15) is 4.79 Å². The summed E-state index contributed by atoms with van der Waals surface area (Å²) in [7, 11) is 0. The summed E-state index contributed by atoms with van der Waals surface area (Å²) in [6.07, 6.45) is 1.90. The predicted octanol–water partition coefficient (Wildman–Crippen LogP) is 3.22. The normalized spacial score (nSPS) is 16.2. The van der Waals surface area contributed by atoms with Crippen LogP contribution in [-0.4, -0.2) is 23.9 Å². The molecule has 2 aromatic rings. The first-order valence-corrected chi connectivity index (χ1v) is 8.39. The van der Waals surface area contributed by atoms with Gasteiger partial charge in [0.25, 0.3) is 0 Å². The molecule has 3 nitrogen and oxygen atoms in total. The highest BCUT2D eigenvalue weighted by molar-refractivity contribution is 5.78. The molecule has 0 aromatic heterocycles. The van der Waals surface area contributed by atoms with Gasteiger partial charge in [-0.05, 0) is 37.1 Å². The van der Waals surface area contributed by atoms with Crippen LogP contribution in [0.4, 0.5) is 0 Å². The van der Waals surface area contributed by atoms with E-state index in [0.29, 0.717) is 6.54 Å². The lowest BCUT2D eigenvalue weighted by Gasteiger charge is -2.31. The van der Waals surface area contributed by atoms with Crippen LogP contribution in [0.15, 0.2) is 60.7 Å². The first-order valence-electron chi connectivity index (χ1n) is 8.39. The predicted molar refractivity (Wildman–Crippen MR) is 92.7 cm³/mol. The number of nitrogens with one attached hydrogen (secondary N) is 1. The third kappa shape index (κ3) is 4.67. The van der Waals surface area contributed by atoms with Crippen LogP contribution < -0.4 is 5.32 Å². The number of likely N-dealkylation sites (tertiary alicyclic amines) is 1. The maximum Gasteiger partial charge on any atom is 0.223 e. The fourth-order valence-corrected chi connectivity index (χ4v) is 3.12. The standard InChI is InChI=1S/C20H24N2O/c23-20(21-15-17-7-3-1-4-8-17)19-11-13-22(14-12-19)16-18-9-5-2-6-10-18/h1-10,19H,11-16H2,(H,21,23). The van der Waals surface area contributed by atoms with Crippen LogP contribution >= 0.6 is 0 Å². The fourth-order valence-electron chi connectivity index (χ4n) is 3.12. The zero-order valence-electron chi connectivity index (χ0n) is 13.4. The van der Waals surface area contributed by atoms with Crippen molar-refractivity contribution in [3.63, 3.8) is 0 Å². The minimum absolute atomic E-state index is 0.158. The Bertz CT molecular complexity index is 604. The first kappa shape index (κ1) is 15.8. The van der Waals surface area contributed by atoms with E-state index >= 15 is 0 Å². The van der Waals surface area contributed by atoms with Gasteiger partial charge in [0, 0.05) is 19.0 Å². The zero-order valence-corrected chi connectivity index (χ0v) is 13.4. The summed E-state index contributed by atoms with van der Waals surface area (Å²) in [6, 6.07) is 20.6. The molecule has 0 saturated carbocycles. The Morgan fingerprint density at radius 1 is 0.913 bits per heavy atom.